The number of rotatable bonds is 6. The van der Waals surface area contributed by atoms with Crippen LogP contribution in [0.25, 0.3) is 0 Å². The number of furan rings is 1. The van der Waals surface area contributed by atoms with Gasteiger partial charge in [0.2, 0.25) is 0 Å². The number of hydrogen-bond acceptors (Lipinski definition) is 6. The summed E-state index contributed by atoms with van der Waals surface area (Å²) in [5, 5.41) is 7.46. The first-order valence-electron chi connectivity index (χ1n) is 10.1. The zero-order chi connectivity index (χ0) is 22.5. The average molecular weight is 453 g/mol. The third kappa shape index (κ3) is 4.97. The van der Waals surface area contributed by atoms with Gasteiger partial charge in [0.15, 0.2) is 12.4 Å². The molecule has 1 aliphatic rings. The molecule has 2 aromatic heterocycles. The lowest BCUT2D eigenvalue weighted by Crippen LogP contribution is -2.27. The predicted octanol–water partition coefficient (Wildman–Crippen LogP) is 4.12. The van der Waals surface area contributed by atoms with E-state index in [1.807, 2.05) is 18.2 Å². The minimum Gasteiger partial charge on any atom is -0.484 e. The lowest BCUT2D eigenvalue weighted by molar-refractivity contribution is -0.123. The van der Waals surface area contributed by atoms with Crippen molar-refractivity contribution in [1.82, 2.24) is 10.4 Å². The Labute approximate surface area is 189 Å². The number of nitrogens with zero attached hydrogens (tertiary/aromatic N) is 2. The van der Waals surface area contributed by atoms with Crippen LogP contribution in [-0.4, -0.2) is 29.1 Å². The molecule has 2 amide bonds. The Kier molecular flexibility index (Phi) is 6.51. The SMILES string of the molecule is Cc1c(C(=O)Nc2ccc(Cl)cn2)oc2c1/C(=N/NC(=O)COc1ccccc1)CCC2. The fraction of sp³-hybridized carbons (Fsp3) is 0.217. The number of fused-ring (bicyclic) bond motifs is 1. The lowest BCUT2D eigenvalue weighted by Gasteiger charge is -2.13. The molecule has 2 N–H and O–H groups in total. The highest BCUT2D eigenvalue weighted by molar-refractivity contribution is 6.30. The third-order valence-corrected chi connectivity index (χ3v) is 5.15. The van der Waals surface area contributed by atoms with Crippen LogP contribution in [0.5, 0.6) is 5.75 Å². The van der Waals surface area contributed by atoms with Gasteiger partial charge in [-0.2, -0.15) is 5.10 Å². The summed E-state index contributed by atoms with van der Waals surface area (Å²) in [5.74, 6) is 1.06. The first kappa shape index (κ1) is 21.6. The number of hydrazone groups is 1. The van der Waals surface area contributed by atoms with Crippen molar-refractivity contribution < 1.29 is 18.7 Å². The molecule has 2 heterocycles. The third-order valence-electron chi connectivity index (χ3n) is 4.93. The van der Waals surface area contributed by atoms with Crippen LogP contribution in [0.2, 0.25) is 5.02 Å². The molecule has 0 atom stereocenters. The van der Waals surface area contributed by atoms with E-state index >= 15 is 0 Å². The standard InChI is InChI=1S/C23H21ClN4O4/c1-14-21-17(27-28-20(29)13-31-16-6-3-2-4-7-16)8-5-9-18(21)32-22(14)23(30)26-19-11-10-15(24)12-25-19/h2-4,6-7,10-12H,5,8-9,13H2,1H3,(H,28,29)(H,25,26,30)/b27-17+. The van der Waals surface area contributed by atoms with Crippen molar-refractivity contribution in [3.8, 4) is 5.75 Å². The van der Waals surface area contributed by atoms with E-state index in [0.29, 0.717) is 46.5 Å². The van der Waals surface area contributed by atoms with E-state index in [4.69, 9.17) is 20.8 Å². The van der Waals surface area contributed by atoms with Gasteiger partial charge in [-0.3, -0.25) is 9.59 Å². The van der Waals surface area contributed by atoms with Crippen molar-refractivity contribution in [1.29, 1.82) is 0 Å². The Balaban J connectivity index is 1.45. The van der Waals surface area contributed by atoms with E-state index in [1.165, 1.54) is 6.20 Å². The summed E-state index contributed by atoms with van der Waals surface area (Å²) in [5.41, 5.74) is 4.63. The van der Waals surface area contributed by atoms with Gasteiger partial charge in [0.1, 0.15) is 17.3 Å². The van der Waals surface area contributed by atoms with E-state index < -0.39 is 5.91 Å². The topological polar surface area (TPSA) is 106 Å². The van der Waals surface area contributed by atoms with Crippen LogP contribution in [0, 0.1) is 6.92 Å². The highest BCUT2D eigenvalue weighted by Gasteiger charge is 2.28. The van der Waals surface area contributed by atoms with E-state index in [0.717, 1.165) is 12.0 Å². The molecule has 0 saturated heterocycles. The van der Waals surface area contributed by atoms with Crippen LogP contribution in [0.4, 0.5) is 5.82 Å². The number of aromatic nitrogens is 1. The second kappa shape index (κ2) is 9.65. The fourth-order valence-electron chi connectivity index (χ4n) is 3.45. The molecule has 0 fully saturated rings. The quantitative estimate of drug-likeness (QED) is 0.547. The Morgan fingerprint density at radius 1 is 1.19 bits per heavy atom. The molecule has 0 radical (unpaired) electrons. The van der Waals surface area contributed by atoms with Crippen molar-refractivity contribution in [3.05, 3.63) is 76.3 Å². The molecule has 0 saturated carbocycles. The van der Waals surface area contributed by atoms with Gasteiger partial charge < -0.3 is 14.5 Å². The molecule has 8 nitrogen and oxygen atoms in total. The Hall–Kier alpha value is -3.65. The van der Waals surface area contributed by atoms with E-state index in [9.17, 15) is 9.59 Å². The van der Waals surface area contributed by atoms with E-state index in [2.05, 4.69) is 20.8 Å². The second-order valence-corrected chi connectivity index (χ2v) is 7.66. The van der Waals surface area contributed by atoms with Gasteiger partial charge in [0.05, 0.1) is 10.7 Å². The van der Waals surface area contributed by atoms with Gasteiger partial charge in [0.25, 0.3) is 11.8 Å². The summed E-state index contributed by atoms with van der Waals surface area (Å²) in [4.78, 5) is 28.9. The molecule has 4 rings (SSSR count). The van der Waals surface area contributed by atoms with Crippen LogP contribution in [-0.2, 0) is 11.2 Å². The van der Waals surface area contributed by atoms with E-state index in [-0.39, 0.29) is 18.3 Å². The summed E-state index contributed by atoms with van der Waals surface area (Å²) in [6, 6.07) is 12.3. The zero-order valence-corrected chi connectivity index (χ0v) is 18.1. The first-order valence-corrected chi connectivity index (χ1v) is 10.5. The number of carbonyl (C=O) groups is 2. The van der Waals surface area contributed by atoms with Crippen molar-refractivity contribution >= 4 is 34.9 Å². The molecule has 0 spiro atoms. The maximum atomic E-state index is 12.7. The molecular weight excluding hydrogens is 432 g/mol. The molecule has 3 aromatic rings. The number of nitrogens with one attached hydrogen (secondary N) is 2. The molecule has 9 heteroatoms. The summed E-state index contributed by atoms with van der Waals surface area (Å²) in [6.07, 6.45) is 3.60. The molecular formula is C23H21ClN4O4. The van der Waals surface area contributed by atoms with E-state index in [1.54, 1.807) is 31.2 Å². The molecule has 0 unspecified atom stereocenters. The highest BCUT2D eigenvalue weighted by Crippen LogP contribution is 2.30. The molecule has 164 valence electrons. The smallest absolute Gasteiger partial charge is 0.292 e. The number of halogens is 1. The number of carbonyl (C=O) groups excluding carboxylic acids is 2. The van der Waals surface area contributed by atoms with Gasteiger partial charge in [-0.05, 0) is 44.0 Å². The minimum atomic E-state index is -0.411. The van der Waals surface area contributed by atoms with Crippen LogP contribution < -0.4 is 15.5 Å². The summed E-state index contributed by atoms with van der Waals surface area (Å²) < 4.78 is 11.3. The van der Waals surface area contributed by atoms with Crippen molar-refractivity contribution in [3.63, 3.8) is 0 Å². The number of pyridine rings is 1. The number of benzene rings is 1. The second-order valence-electron chi connectivity index (χ2n) is 7.22. The molecule has 1 aromatic carbocycles. The maximum Gasteiger partial charge on any atom is 0.292 e. The number of hydrogen-bond donors (Lipinski definition) is 2. The zero-order valence-electron chi connectivity index (χ0n) is 17.4. The van der Waals surface area contributed by atoms with Crippen molar-refractivity contribution in [2.75, 3.05) is 11.9 Å². The van der Waals surface area contributed by atoms with Crippen LogP contribution in [0.3, 0.4) is 0 Å². The van der Waals surface area contributed by atoms with Crippen molar-refractivity contribution in [2.24, 2.45) is 5.10 Å². The summed E-state index contributed by atoms with van der Waals surface area (Å²) >= 11 is 5.83. The number of ether oxygens (including phenoxy) is 1. The van der Waals surface area contributed by atoms with Crippen LogP contribution in [0.1, 0.15) is 40.3 Å². The minimum absolute atomic E-state index is 0.153. The van der Waals surface area contributed by atoms with Gasteiger partial charge in [-0.1, -0.05) is 29.8 Å². The lowest BCUT2D eigenvalue weighted by atomic mass is 9.93. The number of aryl methyl sites for hydroxylation is 1. The Bertz CT molecular complexity index is 1160. The monoisotopic (exact) mass is 452 g/mol. The Morgan fingerprint density at radius 3 is 2.75 bits per heavy atom. The summed E-state index contributed by atoms with van der Waals surface area (Å²) in [7, 11) is 0. The largest absolute Gasteiger partial charge is 0.484 e. The average Bonchev–Trinajstić information content (AvgIpc) is 3.16. The van der Waals surface area contributed by atoms with Gasteiger partial charge in [-0.15, -0.1) is 0 Å². The fourth-order valence-corrected chi connectivity index (χ4v) is 3.56. The summed E-state index contributed by atoms with van der Waals surface area (Å²) in [6.45, 7) is 1.65. The predicted molar refractivity (Wildman–Crippen MR) is 120 cm³/mol. The normalized spacial score (nSPS) is 14.0. The number of para-hydroxylation sites is 1. The first-order chi connectivity index (χ1) is 15.5. The van der Waals surface area contributed by atoms with Crippen LogP contribution >= 0.6 is 11.6 Å². The number of anilines is 1. The molecule has 1 aliphatic carbocycles. The van der Waals surface area contributed by atoms with Gasteiger partial charge >= 0.3 is 0 Å². The van der Waals surface area contributed by atoms with Gasteiger partial charge in [0, 0.05) is 23.7 Å². The molecule has 0 aliphatic heterocycles. The highest BCUT2D eigenvalue weighted by atomic mass is 35.5. The van der Waals surface area contributed by atoms with Crippen molar-refractivity contribution in [2.45, 2.75) is 26.2 Å². The Morgan fingerprint density at radius 2 is 2.00 bits per heavy atom. The number of amides is 2. The maximum absolute atomic E-state index is 12.7. The van der Waals surface area contributed by atoms with Gasteiger partial charge in [-0.25, -0.2) is 10.4 Å². The molecule has 32 heavy (non-hydrogen) atoms. The molecule has 0 bridgehead atoms. The van der Waals surface area contributed by atoms with Crippen LogP contribution in [0.15, 0.2) is 58.2 Å².